The molecule has 0 bridgehead atoms. The number of ether oxygens (including phenoxy) is 2. The Hall–Kier alpha value is -4.76. The lowest BCUT2D eigenvalue weighted by molar-refractivity contribution is 0.0593. The SMILES string of the molecule is CCCCCCc1ccsc1-c1ccc(-c2ccc(-c3sc(C=Cc4ccc(C=Cc5cc(C(=O)OC)c(-c6ccc(-c7ccc(-c8sccc8CCCCCC)s7)s6)s5)cc4)cc3C(=O)OC)s2)s1. The van der Waals surface area contributed by atoms with Crippen molar-refractivity contribution in [1.29, 1.82) is 0 Å². The van der Waals surface area contributed by atoms with E-state index in [1.54, 1.807) is 45.3 Å². The molecule has 9 aromatic rings. The fourth-order valence-electron chi connectivity index (χ4n) is 8.30. The minimum Gasteiger partial charge on any atom is -0.465 e. The van der Waals surface area contributed by atoms with Crippen LogP contribution in [-0.4, -0.2) is 26.2 Å². The van der Waals surface area contributed by atoms with Gasteiger partial charge in [-0.15, -0.1) is 90.7 Å². The molecule has 0 unspecified atom stereocenters. The molecule has 70 heavy (non-hydrogen) atoms. The summed E-state index contributed by atoms with van der Waals surface area (Å²) in [5, 5.41) is 4.45. The van der Waals surface area contributed by atoms with Crippen LogP contribution < -0.4 is 0 Å². The number of aryl methyl sites for hydroxylation is 2. The molecule has 0 saturated carbocycles. The summed E-state index contributed by atoms with van der Waals surface area (Å²) in [6.07, 6.45) is 20.7. The van der Waals surface area contributed by atoms with Crippen molar-refractivity contribution in [2.24, 2.45) is 0 Å². The summed E-state index contributed by atoms with van der Waals surface area (Å²) in [5.41, 5.74) is 6.17. The van der Waals surface area contributed by atoms with Crippen molar-refractivity contribution in [2.45, 2.75) is 78.1 Å². The number of esters is 2. The fraction of sp³-hybridized carbons (Fsp3) is 0.241. The van der Waals surface area contributed by atoms with Gasteiger partial charge >= 0.3 is 11.9 Å². The Kier molecular flexibility index (Phi) is 17.3. The summed E-state index contributed by atoms with van der Waals surface area (Å²) in [4.78, 5) is 42.3. The highest BCUT2D eigenvalue weighted by Gasteiger charge is 2.22. The second-order valence-electron chi connectivity index (χ2n) is 16.9. The van der Waals surface area contributed by atoms with Gasteiger partial charge in [0, 0.05) is 58.5 Å². The zero-order chi connectivity index (χ0) is 48.4. The number of hydrogen-bond acceptors (Lipinski definition) is 12. The number of carbonyl (C=O) groups excluding carboxylic acids is 2. The van der Waals surface area contributed by atoms with Crippen LogP contribution in [0, 0.1) is 0 Å². The molecule has 4 nitrogen and oxygen atoms in total. The Bertz CT molecular complexity index is 3010. The molecule has 358 valence electrons. The van der Waals surface area contributed by atoms with Crippen molar-refractivity contribution >= 4 is 127 Å². The average molecular weight is 1070 g/mol. The Labute approximate surface area is 443 Å². The van der Waals surface area contributed by atoms with E-state index in [1.807, 2.05) is 57.5 Å². The van der Waals surface area contributed by atoms with Gasteiger partial charge in [0.25, 0.3) is 0 Å². The predicted molar refractivity (Wildman–Crippen MR) is 311 cm³/mol. The minimum atomic E-state index is -0.334. The highest BCUT2D eigenvalue weighted by molar-refractivity contribution is 7.29. The summed E-state index contributed by atoms with van der Waals surface area (Å²) in [5.74, 6) is -0.667. The van der Waals surface area contributed by atoms with E-state index < -0.39 is 0 Å². The number of unbranched alkanes of at least 4 members (excludes halogenated alkanes) is 6. The fourth-order valence-corrected chi connectivity index (χ4v) is 17.1. The van der Waals surface area contributed by atoms with Crippen LogP contribution in [0.15, 0.2) is 108 Å². The van der Waals surface area contributed by atoms with Gasteiger partial charge < -0.3 is 9.47 Å². The maximum atomic E-state index is 13.1. The molecule has 0 saturated heterocycles. The highest BCUT2D eigenvalue weighted by atomic mass is 32.1. The lowest BCUT2D eigenvalue weighted by atomic mass is 10.1. The largest absolute Gasteiger partial charge is 0.465 e. The van der Waals surface area contributed by atoms with Crippen LogP contribution in [-0.2, 0) is 22.3 Å². The van der Waals surface area contributed by atoms with Gasteiger partial charge in [-0.25, -0.2) is 9.59 Å². The standard InChI is InChI=1S/C58H54O4S8/c1-5-7-9-11-13-39-31-33-63-53(39)49-27-23-45(67-49)47-25-29-51(69-47)55-43(57(59)61-3)35-41(65-55)21-19-37-15-17-38(18-16-37)20-22-42-36-44(58(60)62-4)56(66-42)52-30-26-48(70-52)46-24-28-50(68-46)54-40(32-34-64-54)14-12-10-8-6-2/h15-36H,5-14H2,1-4H3. The molecule has 0 N–H and O–H groups in total. The zero-order valence-corrected chi connectivity index (χ0v) is 46.2. The number of rotatable bonds is 22. The van der Waals surface area contributed by atoms with Gasteiger partial charge in [-0.1, -0.05) is 88.8 Å². The van der Waals surface area contributed by atoms with Gasteiger partial charge in [-0.2, -0.15) is 0 Å². The van der Waals surface area contributed by atoms with E-state index in [-0.39, 0.29) is 11.9 Å². The first-order chi connectivity index (χ1) is 34.3. The van der Waals surface area contributed by atoms with Crippen LogP contribution in [0.3, 0.4) is 0 Å². The Balaban J connectivity index is 0.860. The molecule has 12 heteroatoms. The maximum absolute atomic E-state index is 13.1. The Morgan fingerprint density at radius 2 is 0.771 bits per heavy atom. The first-order valence-electron chi connectivity index (χ1n) is 23.8. The summed E-state index contributed by atoms with van der Waals surface area (Å²) in [7, 11) is 2.88. The summed E-state index contributed by atoms with van der Waals surface area (Å²) in [6.45, 7) is 4.52. The van der Waals surface area contributed by atoms with Crippen molar-refractivity contribution in [3.8, 4) is 58.5 Å². The second kappa shape index (κ2) is 24.1. The summed E-state index contributed by atoms with van der Waals surface area (Å²) >= 11 is 14.0. The second-order valence-corrected chi connectivity index (χ2v) is 25.3. The molecule has 8 heterocycles. The lowest BCUT2D eigenvalue weighted by Gasteiger charge is -2.02. The van der Waals surface area contributed by atoms with Gasteiger partial charge in [0.05, 0.1) is 35.1 Å². The molecular formula is C58H54O4S8. The first kappa shape index (κ1) is 50.2. The van der Waals surface area contributed by atoms with E-state index in [2.05, 4.69) is 134 Å². The van der Waals surface area contributed by atoms with Gasteiger partial charge in [-0.05, 0) is 144 Å². The van der Waals surface area contributed by atoms with Crippen molar-refractivity contribution in [1.82, 2.24) is 0 Å². The number of methoxy groups -OCH3 is 2. The molecule has 0 aliphatic heterocycles. The van der Waals surface area contributed by atoms with E-state index in [1.165, 1.54) is 116 Å². The van der Waals surface area contributed by atoms with E-state index in [0.29, 0.717) is 11.1 Å². The topological polar surface area (TPSA) is 52.6 Å². The van der Waals surface area contributed by atoms with Crippen molar-refractivity contribution in [3.05, 3.63) is 151 Å². The van der Waals surface area contributed by atoms with E-state index in [0.717, 1.165) is 53.2 Å². The third-order valence-electron chi connectivity index (χ3n) is 12.0. The number of benzene rings is 1. The maximum Gasteiger partial charge on any atom is 0.339 e. The van der Waals surface area contributed by atoms with Crippen molar-refractivity contribution < 1.29 is 19.1 Å². The minimum absolute atomic E-state index is 0.334. The van der Waals surface area contributed by atoms with Gasteiger partial charge in [0.1, 0.15) is 0 Å². The van der Waals surface area contributed by atoms with Gasteiger partial charge in [0.15, 0.2) is 0 Å². The summed E-state index contributed by atoms with van der Waals surface area (Å²) < 4.78 is 10.5. The first-order valence-corrected chi connectivity index (χ1v) is 30.4. The third-order valence-corrected chi connectivity index (χ3v) is 21.6. The smallest absolute Gasteiger partial charge is 0.339 e. The Morgan fingerprint density at radius 1 is 0.414 bits per heavy atom. The average Bonchev–Trinajstić information content (AvgIpc) is 4.23. The third kappa shape index (κ3) is 11.9. The number of thiophene rings is 8. The molecule has 0 aliphatic rings. The van der Waals surface area contributed by atoms with E-state index >= 15 is 0 Å². The molecule has 1 aromatic carbocycles. The number of carbonyl (C=O) groups is 2. The Morgan fingerprint density at radius 3 is 1.13 bits per heavy atom. The van der Waals surface area contributed by atoms with Crippen LogP contribution in [0.25, 0.3) is 82.8 Å². The van der Waals surface area contributed by atoms with Crippen LogP contribution >= 0.6 is 90.7 Å². The molecule has 0 amide bonds. The molecule has 0 spiro atoms. The van der Waals surface area contributed by atoms with Crippen LogP contribution in [0.4, 0.5) is 0 Å². The van der Waals surface area contributed by atoms with Gasteiger partial charge in [0.2, 0.25) is 0 Å². The van der Waals surface area contributed by atoms with E-state index in [4.69, 9.17) is 9.47 Å². The molecule has 0 radical (unpaired) electrons. The van der Waals surface area contributed by atoms with Crippen LogP contribution in [0.5, 0.6) is 0 Å². The molecule has 9 rings (SSSR count). The highest BCUT2D eigenvalue weighted by Crippen LogP contribution is 2.47. The predicted octanol–water partition coefficient (Wildman–Crippen LogP) is 20.3. The normalized spacial score (nSPS) is 11.7. The molecular weight excluding hydrogens is 1020 g/mol. The monoisotopic (exact) mass is 1070 g/mol. The van der Waals surface area contributed by atoms with Crippen molar-refractivity contribution in [3.63, 3.8) is 0 Å². The number of hydrogen-bond donors (Lipinski definition) is 0. The van der Waals surface area contributed by atoms with Crippen molar-refractivity contribution in [2.75, 3.05) is 14.2 Å². The van der Waals surface area contributed by atoms with E-state index in [9.17, 15) is 9.59 Å². The summed E-state index contributed by atoms with van der Waals surface area (Å²) in [6, 6.07) is 34.4. The van der Waals surface area contributed by atoms with Gasteiger partial charge in [-0.3, -0.25) is 0 Å². The van der Waals surface area contributed by atoms with Crippen LogP contribution in [0.2, 0.25) is 0 Å². The molecule has 0 fully saturated rings. The quantitative estimate of drug-likeness (QED) is 0.0501. The zero-order valence-electron chi connectivity index (χ0n) is 39.7. The van der Waals surface area contributed by atoms with Crippen LogP contribution in [0.1, 0.15) is 118 Å². The molecule has 0 atom stereocenters. The lowest BCUT2D eigenvalue weighted by Crippen LogP contribution is -2.00. The molecule has 0 aliphatic carbocycles. The molecule has 8 aromatic heterocycles.